The number of hydrogen-bond donors (Lipinski definition) is 0. The summed E-state index contributed by atoms with van der Waals surface area (Å²) in [7, 11) is 0. The largest absolute Gasteiger partial charge is 0.484 e. The predicted octanol–water partition coefficient (Wildman–Crippen LogP) is 3.32. The first-order valence-corrected chi connectivity index (χ1v) is 7.17. The van der Waals surface area contributed by atoms with E-state index in [0.717, 1.165) is 12.0 Å². The molecule has 0 unspecified atom stereocenters. The number of carbonyl (C=O) groups excluding carboxylic acids is 2. The Morgan fingerprint density at radius 2 is 1.86 bits per heavy atom. The number of ether oxygens (including phenoxy) is 1. The van der Waals surface area contributed by atoms with Crippen molar-refractivity contribution in [2.24, 2.45) is 0 Å². The van der Waals surface area contributed by atoms with Crippen LogP contribution in [-0.4, -0.2) is 24.8 Å². The van der Waals surface area contributed by atoms with Gasteiger partial charge in [-0.05, 0) is 38.1 Å². The van der Waals surface area contributed by atoms with Crippen molar-refractivity contribution in [3.8, 4) is 5.75 Å². The quantitative estimate of drug-likeness (QED) is 0.768. The Hall–Kier alpha value is -2.62. The maximum atomic E-state index is 12.4. The number of aldehydes is 1. The van der Waals surface area contributed by atoms with Crippen molar-refractivity contribution < 1.29 is 14.3 Å². The summed E-state index contributed by atoms with van der Waals surface area (Å²) in [4.78, 5) is 24.9. The molecule has 0 spiro atoms. The molecule has 0 saturated heterocycles. The monoisotopic (exact) mass is 297 g/mol. The van der Waals surface area contributed by atoms with Gasteiger partial charge in [0.2, 0.25) is 0 Å². The van der Waals surface area contributed by atoms with Crippen molar-refractivity contribution in [3.05, 3.63) is 60.2 Å². The van der Waals surface area contributed by atoms with Gasteiger partial charge in [-0.1, -0.05) is 30.3 Å². The van der Waals surface area contributed by atoms with Gasteiger partial charge in [0.15, 0.2) is 6.61 Å². The van der Waals surface area contributed by atoms with Gasteiger partial charge < -0.3 is 9.64 Å². The number of hydrogen-bond acceptors (Lipinski definition) is 3. The molecule has 0 aliphatic rings. The Bertz CT molecular complexity index is 638. The Morgan fingerprint density at radius 3 is 2.50 bits per heavy atom. The highest BCUT2D eigenvalue weighted by molar-refractivity contribution is 5.94. The zero-order valence-corrected chi connectivity index (χ0v) is 12.7. The van der Waals surface area contributed by atoms with E-state index in [0.29, 0.717) is 11.3 Å². The number of amides is 1. The van der Waals surface area contributed by atoms with Gasteiger partial charge in [0.25, 0.3) is 5.91 Å². The zero-order chi connectivity index (χ0) is 15.9. The molecule has 1 amide bonds. The molecule has 2 rings (SSSR count). The smallest absolute Gasteiger partial charge is 0.265 e. The van der Waals surface area contributed by atoms with Crippen molar-refractivity contribution >= 4 is 17.9 Å². The normalized spacial score (nSPS) is 10.3. The Kier molecular flexibility index (Phi) is 5.31. The summed E-state index contributed by atoms with van der Waals surface area (Å²) >= 11 is 0. The van der Waals surface area contributed by atoms with E-state index in [-0.39, 0.29) is 18.6 Å². The first-order chi connectivity index (χ1) is 10.6. The highest BCUT2D eigenvalue weighted by atomic mass is 16.5. The molecule has 114 valence electrons. The van der Waals surface area contributed by atoms with Crippen LogP contribution in [-0.2, 0) is 4.79 Å². The van der Waals surface area contributed by atoms with Gasteiger partial charge in [-0.3, -0.25) is 9.59 Å². The van der Waals surface area contributed by atoms with Gasteiger partial charge >= 0.3 is 0 Å². The van der Waals surface area contributed by atoms with Gasteiger partial charge in [-0.25, -0.2) is 0 Å². The third-order valence-corrected chi connectivity index (χ3v) is 3.18. The van der Waals surface area contributed by atoms with Crippen LogP contribution >= 0.6 is 0 Å². The van der Waals surface area contributed by atoms with E-state index in [1.807, 2.05) is 44.2 Å². The number of nitrogens with zero attached hydrogens (tertiary/aromatic N) is 1. The minimum absolute atomic E-state index is 0.0276. The Labute approximate surface area is 130 Å². The average molecular weight is 297 g/mol. The molecule has 0 heterocycles. The topological polar surface area (TPSA) is 46.6 Å². The lowest BCUT2D eigenvalue weighted by Crippen LogP contribution is -2.40. The second-order valence-electron chi connectivity index (χ2n) is 5.17. The van der Waals surface area contributed by atoms with Crippen molar-refractivity contribution in [1.82, 2.24) is 0 Å². The number of benzene rings is 2. The highest BCUT2D eigenvalue weighted by Crippen LogP contribution is 2.18. The minimum atomic E-state index is -0.127. The Morgan fingerprint density at radius 1 is 1.14 bits per heavy atom. The molecule has 0 aliphatic carbocycles. The lowest BCUT2D eigenvalue weighted by molar-refractivity contribution is -0.120. The van der Waals surface area contributed by atoms with Crippen LogP contribution in [0.3, 0.4) is 0 Å². The second-order valence-corrected chi connectivity index (χ2v) is 5.17. The van der Waals surface area contributed by atoms with Gasteiger partial charge in [0.05, 0.1) is 0 Å². The van der Waals surface area contributed by atoms with Crippen LogP contribution in [0, 0.1) is 0 Å². The van der Waals surface area contributed by atoms with E-state index in [9.17, 15) is 9.59 Å². The van der Waals surface area contributed by atoms with Gasteiger partial charge in [0.1, 0.15) is 12.0 Å². The summed E-state index contributed by atoms with van der Waals surface area (Å²) < 4.78 is 5.51. The van der Waals surface area contributed by atoms with Gasteiger partial charge in [-0.15, -0.1) is 0 Å². The predicted molar refractivity (Wildman–Crippen MR) is 86.4 cm³/mol. The van der Waals surface area contributed by atoms with Crippen LogP contribution < -0.4 is 9.64 Å². The molecule has 4 nitrogen and oxygen atoms in total. The molecule has 0 radical (unpaired) electrons. The van der Waals surface area contributed by atoms with E-state index in [1.165, 1.54) is 0 Å². The molecule has 0 bridgehead atoms. The van der Waals surface area contributed by atoms with E-state index in [4.69, 9.17) is 4.74 Å². The molecule has 4 heteroatoms. The maximum Gasteiger partial charge on any atom is 0.265 e. The van der Waals surface area contributed by atoms with Crippen LogP contribution in [0.4, 0.5) is 5.69 Å². The maximum absolute atomic E-state index is 12.4. The molecule has 0 fully saturated rings. The second kappa shape index (κ2) is 7.41. The number of para-hydroxylation sites is 1. The lowest BCUT2D eigenvalue weighted by Gasteiger charge is -2.26. The van der Waals surface area contributed by atoms with Crippen LogP contribution in [0.15, 0.2) is 54.6 Å². The molecule has 22 heavy (non-hydrogen) atoms. The van der Waals surface area contributed by atoms with Gasteiger partial charge in [-0.2, -0.15) is 0 Å². The SMILES string of the molecule is CC(C)N(C(=O)COc1cccc(C=O)c1)c1ccccc1. The lowest BCUT2D eigenvalue weighted by atomic mass is 10.2. The average Bonchev–Trinajstić information content (AvgIpc) is 2.54. The first-order valence-electron chi connectivity index (χ1n) is 7.17. The fourth-order valence-electron chi connectivity index (χ4n) is 2.21. The van der Waals surface area contributed by atoms with Crippen LogP contribution in [0.5, 0.6) is 5.75 Å². The summed E-state index contributed by atoms with van der Waals surface area (Å²) in [5.74, 6) is 0.382. The summed E-state index contributed by atoms with van der Waals surface area (Å²) in [6.45, 7) is 3.84. The van der Waals surface area contributed by atoms with Crippen molar-refractivity contribution in [2.75, 3.05) is 11.5 Å². The summed E-state index contributed by atoms with van der Waals surface area (Å²) in [6, 6.07) is 16.3. The van der Waals surface area contributed by atoms with Crippen LogP contribution in [0.2, 0.25) is 0 Å². The van der Waals surface area contributed by atoms with E-state index in [2.05, 4.69) is 0 Å². The highest BCUT2D eigenvalue weighted by Gasteiger charge is 2.19. The zero-order valence-electron chi connectivity index (χ0n) is 12.7. The van der Waals surface area contributed by atoms with Crippen LogP contribution in [0.25, 0.3) is 0 Å². The molecule has 2 aromatic rings. The van der Waals surface area contributed by atoms with Crippen LogP contribution in [0.1, 0.15) is 24.2 Å². The van der Waals surface area contributed by atoms with Crippen molar-refractivity contribution in [3.63, 3.8) is 0 Å². The molecular formula is C18H19NO3. The van der Waals surface area contributed by atoms with Crippen molar-refractivity contribution in [1.29, 1.82) is 0 Å². The van der Waals surface area contributed by atoms with Crippen molar-refractivity contribution in [2.45, 2.75) is 19.9 Å². The van der Waals surface area contributed by atoms with E-state index < -0.39 is 0 Å². The fourth-order valence-corrected chi connectivity index (χ4v) is 2.21. The molecular weight excluding hydrogens is 278 g/mol. The third-order valence-electron chi connectivity index (χ3n) is 3.18. The molecule has 0 aliphatic heterocycles. The third kappa shape index (κ3) is 3.95. The number of carbonyl (C=O) groups is 2. The molecule has 2 aromatic carbocycles. The number of rotatable bonds is 6. The molecule has 0 saturated carbocycles. The Balaban J connectivity index is 2.07. The summed E-state index contributed by atoms with van der Waals surface area (Å²) in [5, 5.41) is 0. The number of anilines is 1. The standard InChI is InChI=1S/C18H19NO3/c1-14(2)19(16-8-4-3-5-9-16)18(21)13-22-17-10-6-7-15(11-17)12-20/h3-12,14H,13H2,1-2H3. The van der Waals surface area contributed by atoms with E-state index in [1.54, 1.807) is 29.2 Å². The van der Waals surface area contributed by atoms with Gasteiger partial charge in [0, 0.05) is 17.3 Å². The molecule has 0 N–H and O–H groups in total. The molecule has 0 aromatic heterocycles. The summed E-state index contributed by atoms with van der Waals surface area (Å²) in [5.41, 5.74) is 1.36. The summed E-state index contributed by atoms with van der Waals surface area (Å²) in [6.07, 6.45) is 0.749. The first kappa shape index (κ1) is 15.8. The minimum Gasteiger partial charge on any atom is -0.484 e. The fraction of sp³-hybridized carbons (Fsp3) is 0.222. The van der Waals surface area contributed by atoms with E-state index >= 15 is 0 Å². The molecule has 0 atom stereocenters.